The molecule has 1 fully saturated rings. The van der Waals surface area contributed by atoms with E-state index < -0.39 is 17.4 Å². The van der Waals surface area contributed by atoms with Crippen molar-refractivity contribution in [2.75, 3.05) is 18.5 Å². The predicted octanol–water partition coefficient (Wildman–Crippen LogP) is 1.92. The molecule has 1 atom stereocenters. The van der Waals surface area contributed by atoms with Crippen molar-refractivity contribution in [1.29, 1.82) is 0 Å². The van der Waals surface area contributed by atoms with Crippen LogP contribution >= 0.6 is 0 Å². The Hall–Kier alpha value is -2.37. The fourth-order valence-corrected chi connectivity index (χ4v) is 2.87. The summed E-state index contributed by atoms with van der Waals surface area (Å²) in [5.41, 5.74) is 0.577. The normalized spacial score (nSPS) is 17.9. The molecule has 1 heterocycles. The monoisotopic (exact) mass is 332 g/mol. The summed E-state index contributed by atoms with van der Waals surface area (Å²) >= 11 is 0. The summed E-state index contributed by atoms with van der Waals surface area (Å²) in [6.07, 6.45) is 0.904. The first-order valence-corrected chi connectivity index (χ1v) is 8.09. The number of nitrogens with zero attached hydrogens (tertiary/aromatic N) is 2. The second-order valence-corrected chi connectivity index (χ2v) is 6.65. The number of aliphatic carboxylic acids is 1. The molecule has 0 saturated carbocycles. The van der Waals surface area contributed by atoms with Gasteiger partial charge in [0.1, 0.15) is 5.54 Å². The number of likely N-dealkylation sites (N-methyl/N-ethyl adjacent to an activating group) is 1. The van der Waals surface area contributed by atoms with Crippen LogP contribution in [0.4, 0.5) is 5.69 Å². The molecule has 1 aromatic carbocycles. The molecule has 1 aromatic rings. The summed E-state index contributed by atoms with van der Waals surface area (Å²) in [7, 11) is 1.48. The van der Waals surface area contributed by atoms with Gasteiger partial charge in [-0.1, -0.05) is 25.1 Å². The Morgan fingerprint density at radius 2 is 1.96 bits per heavy atom. The smallest absolute Gasteiger partial charge is 0.329 e. The van der Waals surface area contributed by atoms with Crippen LogP contribution in [0.5, 0.6) is 0 Å². The maximum absolute atomic E-state index is 12.7. The van der Waals surface area contributed by atoms with Crippen LogP contribution in [-0.4, -0.2) is 46.9 Å². The number of anilines is 1. The molecule has 0 aromatic heterocycles. The highest BCUT2D eigenvalue weighted by Gasteiger charge is 2.42. The van der Waals surface area contributed by atoms with Crippen molar-refractivity contribution in [3.63, 3.8) is 0 Å². The molecule has 0 bridgehead atoms. The van der Waals surface area contributed by atoms with Crippen LogP contribution in [0.25, 0.3) is 0 Å². The van der Waals surface area contributed by atoms with E-state index in [2.05, 4.69) is 0 Å². The zero-order chi connectivity index (χ0) is 18.1. The fraction of sp³-hybridized carbons (Fsp3) is 0.500. The number of hydrogen-bond acceptors (Lipinski definition) is 3. The SMILES string of the molecule is CCc1ccccc1N1CC(C(=O)N(C)C(C)(C)C(=O)O)CC1=O. The zero-order valence-electron chi connectivity index (χ0n) is 14.6. The molecule has 24 heavy (non-hydrogen) atoms. The lowest BCUT2D eigenvalue weighted by Crippen LogP contribution is -2.52. The molecule has 0 spiro atoms. The second-order valence-electron chi connectivity index (χ2n) is 6.65. The number of carboxylic acids is 1. The van der Waals surface area contributed by atoms with Gasteiger partial charge in [0.05, 0.1) is 5.92 Å². The third-order valence-corrected chi connectivity index (χ3v) is 4.83. The molecule has 1 saturated heterocycles. The van der Waals surface area contributed by atoms with Crippen LogP contribution < -0.4 is 4.90 Å². The topological polar surface area (TPSA) is 77.9 Å². The maximum atomic E-state index is 12.7. The Bertz CT molecular complexity index is 669. The number of para-hydroxylation sites is 1. The van der Waals surface area contributed by atoms with Crippen LogP contribution in [0, 0.1) is 5.92 Å². The van der Waals surface area contributed by atoms with Crippen LogP contribution in [0.3, 0.4) is 0 Å². The van der Waals surface area contributed by atoms with E-state index in [1.54, 1.807) is 4.90 Å². The van der Waals surface area contributed by atoms with E-state index >= 15 is 0 Å². The predicted molar refractivity (Wildman–Crippen MR) is 90.8 cm³/mol. The van der Waals surface area contributed by atoms with Gasteiger partial charge in [0.2, 0.25) is 11.8 Å². The number of amides is 2. The summed E-state index contributed by atoms with van der Waals surface area (Å²) in [6, 6.07) is 7.65. The van der Waals surface area contributed by atoms with E-state index in [1.165, 1.54) is 25.8 Å². The number of rotatable bonds is 5. The highest BCUT2D eigenvalue weighted by molar-refractivity contribution is 6.01. The van der Waals surface area contributed by atoms with Gasteiger partial charge in [0.15, 0.2) is 0 Å². The van der Waals surface area contributed by atoms with Crippen LogP contribution in [0.2, 0.25) is 0 Å². The Kier molecular flexibility index (Phi) is 4.96. The molecule has 1 N–H and O–H groups in total. The number of benzene rings is 1. The number of hydrogen-bond donors (Lipinski definition) is 1. The number of carboxylic acid groups (broad SMARTS) is 1. The average molecular weight is 332 g/mol. The second kappa shape index (κ2) is 6.63. The molecule has 2 amide bonds. The molecule has 6 heteroatoms. The minimum Gasteiger partial charge on any atom is -0.480 e. The number of carbonyl (C=O) groups is 3. The Balaban J connectivity index is 2.20. The molecule has 1 unspecified atom stereocenters. The molecular weight excluding hydrogens is 308 g/mol. The standard InChI is InChI=1S/C18H24N2O4/c1-5-12-8-6-7-9-14(12)20-11-13(10-15(20)21)16(22)19(4)18(2,3)17(23)24/h6-9,13H,5,10-11H2,1-4H3,(H,23,24). The summed E-state index contributed by atoms with van der Waals surface area (Å²) in [4.78, 5) is 39.3. The first kappa shape index (κ1) is 18.0. The van der Waals surface area contributed by atoms with E-state index in [1.807, 2.05) is 31.2 Å². The first-order valence-electron chi connectivity index (χ1n) is 8.09. The van der Waals surface area contributed by atoms with Gasteiger partial charge in [0, 0.05) is 25.7 Å². The van der Waals surface area contributed by atoms with E-state index in [9.17, 15) is 19.5 Å². The number of aryl methyl sites for hydroxylation is 1. The van der Waals surface area contributed by atoms with Gasteiger partial charge in [-0.05, 0) is 31.9 Å². The highest BCUT2D eigenvalue weighted by atomic mass is 16.4. The summed E-state index contributed by atoms with van der Waals surface area (Å²) < 4.78 is 0. The maximum Gasteiger partial charge on any atom is 0.329 e. The van der Waals surface area contributed by atoms with E-state index in [-0.39, 0.29) is 24.8 Å². The highest BCUT2D eigenvalue weighted by Crippen LogP contribution is 2.30. The van der Waals surface area contributed by atoms with Gasteiger partial charge in [-0.25, -0.2) is 4.79 Å². The minimum absolute atomic E-state index is 0.101. The van der Waals surface area contributed by atoms with Crippen molar-refractivity contribution in [3.8, 4) is 0 Å². The van der Waals surface area contributed by atoms with Gasteiger partial charge in [0.25, 0.3) is 0 Å². The fourth-order valence-electron chi connectivity index (χ4n) is 2.87. The molecule has 2 rings (SSSR count). The third-order valence-electron chi connectivity index (χ3n) is 4.83. The molecule has 0 aliphatic carbocycles. The van der Waals surface area contributed by atoms with Gasteiger partial charge in [-0.2, -0.15) is 0 Å². The van der Waals surface area contributed by atoms with E-state index in [4.69, 9.17) is 0 Å². The van der Waals surface area contributed by atoms with Crippen molar-refractivity contribution in [2.24, 2.45) is 5.92 Å². The molecule has 6 nitrogen and oxygen atoms in total. The minimum atomic E-state index is -1.31. The molecule has 1 aliphatic heterocycles. The number of carbonyl (C=O) groups excluding carboxylic acids is 2. The van der Waals surface area contributed by atoms with Gasteiger partial charge >= 0.3 is 5.97 Å². The molecule has 130 valence electrons. The Morgan fingerprint density at radius 1 is 1.33 bits per heavy atom. The van der Waals surface area contributed by atoms with E-state index in [0.717, 1.165) is 17.7 Å². The van der Waals surface area contributed by atoms with Gasteiger partial charge in [-0.15, -0.1) is 0 Å². The summed E-state index contributed by atoms with van der Waals surface area (Å²) in [5, 5.41) is 9.28. The quantitative estimate of drug-likeness (QED) is 0.893. The average Bonchev–Trinajstić information content (AvgIpc) is 2.94. The van der Waals surface area contributed by atoms with Crippen LogP contribution in [0.1, 0.15) is 32.8 Å². The van der Waals surface area contributed by atoms with Gasteiger partial charge in [-0.3, -0.25) is 9.59 Å². The van der Waals surface area contributed by atoms with Crippen LogP contribution in [0.15, 0.2) is 24.3 Å². The Labute approximate surface area is 142 Å². The summed E-state index contributed by atoms with van der Waals surface area (Å²) in [5.74, 6) is -2.01. The molecule has 0 radical (unpaired) electrons. The third kappa shape index (κ3) is 3.13. The largest absolute Gasteiger partial charge is 0.480 e. The van der Waals surface area contributed by atoms with Crippen LogP contribution in [-0.2, 0) is 20.8 Å². The van der Waals surface area contributed by atoms with Crippen molar-refractivity contribution in [3.05, 3.63) is 29.8 Å². The zero-order valence-corrected chi connectivity index (χ0v) is 14.6. The lowest BCUT2D eigenvalue weighted by atomic mass is 9.99. The lowest BCUT2D eigenvalue weighted by molar-refractivity contribution is -0.156. The first-order chi connectivity index (χ1) is 11.2. The summed E-state index contributed by atoms with van der Waals surface area (Å²) in [6.45, 7) is 5.27. The Morgan fingerprint density at radius 3 is 2.54 bits per heavy atom. The van der Waals surface area contributed by atoms with Crippen molar-refractivity contribution >= 4 is 23.5 Å². The van der Waals surface area contributed by atoms with Crippen molar-refractivity contribution < 1.29 is 19.5 Å². The molecule has 1 aliphatic rings. The van der Waals surface area contributed by atoms with E-state index in [0.29, 0.717) is 0 Å². The van der Waals surface area contributed by atoms with Gasteiger partial charge < -0.3 is 14.9 Å². The molecular formula is C18H24N2O4. The van der Waals surface area contributed by atoms with Crippen molar-refractivity contribution in [2.45, 2.75) is 39.2 Å². The lowest BCUT2D eigenvalue weighted by Gasteiger charge is -2.33. The van der Waals surface area contributed by atoms with Crippen molar-refractivity contribution in [1.82, 2.24) is 4.90 Å².